The van der Waals surface area contributed by atoms with Crippen molar-refractivity contribution < 1.29 is 28.2 Å². The van der Waals surface area contributed by atoms with E-state index in [1.54, 1.807) is 4.90 Å². The van der Waals surface area contributed by atoms with Crippen LogP contribution >= 0.6 is 0 Å². The lowest BCUT2D eigenvalue weighted by Crippen LogP contribution is -2.44. The fourth-order valence-electron chi connectivity index (χ4n) is 4.84. The molecule has 160 valence electrons. The molecule has 2 unspecified atom stereocenters. The molecule has 2 atom stereocenters. The van der Waals surface area contributed by atoms with Crippen molar-refractivity contribution in [3.63, 3.8) is 0 Å². The van der Waals surface area contributed by atoms with Crippen LogP contribution in [-0.4, -0.2) is 47.7 Å². The van der Waals surface area contributed by atoms with E-state index < -0.39 is 34.6 Å². The minimum Gasteiger partial charge on any atom is -0.449 e. The van der Waals surface area contributed by atoms with Crippen molar-refractivity contribution >= 4 is 22.7 Å². The summed E-state index contributed by atoms with van der Waals surface area (Å²) in [5.41, 5.74) is 4.17. The smallest absolute Gasteiger partial charge is 0.449 e. The van der Waals surface area contributed by atoms with Gasteiger partial charge in [-0.15, -0.1) is 0 Å². The van der Waals surface area contributed by atoms with Crippen LogP contribution in [0.4, 0.5) is 19.3 Å². The zero-order valence-corrected chi connectivity index (χ0v) is 16.1. The number of benzene rings is 1. The highest BCUT2D eigenvalue weighted by Gasteiger charge is 2.51. The predicted octanol–water partition coefficient (Wildman–Crippen LogP) is 2.23. The summed E-state index contributed by atoms with van der Waals surface area (Å²) in [6, 6.07) is 0.863. The van der Waals surface area contributed by atoms with E-state index >= 15 is 8.78 Å². The molecule has 0 spiro atoms. The van der Waals surface area contributed by atoms with Gasteiger partial charge < -0.3 is 29.8 Å². The highest BCUT2D eigenvalue weighted by atomic mass is 19.1. The Morgan fingerprint density at radius 3 is 2.77 bits per heavy atom. The van der Waals surface area contributed by atoms with E-state index in [4.69, 9.17) is 15.6 Å². The average molecular weight is 421 g/mol. The second-order valence-corrected chi connectivity index (χ2v) is 8.23. The van der Waals surface area contributed by atoms with Crippen LogP contribution in [0.25, 0.3) is 10.9 Å². The Morgan fingerprint density at radius 2 is 2.13 bits per heavy atom. The first-order valence-corrected chi connectivity index (χ1v) is 9.91. The molecular formula is C20H21F2N3O5. The molecule has 1 aliphatic carbocycles. The normalized spacial score (nSPS) is 25.7. The summed E-state index contributed by atoms with van der Waals surface area (Å²) in [6.45, 7) is 1.51. The molecule has 3 heterocycles. The number of aromatic nitrogens is 1. The molecule has 0 radical (unpaired) electrons. The van der Waals surface area contributed by atoms with Gasteiger partial charge in [0.25, 0.3) is 0 Å². The molecule has 3 N–H and O–H groups in total. The molecule has 1 saturated carbocycles. The third kappa shape index (κ3) is 2.78. The Hall–Kier alpha value is -2.72. The fraction of sp³-hybridized carbons (Fsp3) is 0.500. The van der Waals surface area contributed by atoms with Gasteiger partial charge in [-0.05, 0) is 25.3 Å². The number of ether oxygens (including phenoxy) is 2. The van der Waals surface area contributed by atoms with E-state index in [1.165, 1.54) is 10.8 Å². The Labute approximate surface area is 169 Å². The molecule has 0 amide bonds. The number of nitrogens with zero attached hydrogens (tertiary/aromatic N) is 2. The van der Waals surface area contributed by atoms with Gasteiger partial charge in [0.05, 0.1) is 17.1 Å². The molecule has 2 aliphatic heterocycles. The Balaban J connectivity index is 1.68. The van der Waals surface area contributed by atoms with Crippen LogP contribution in [-0.2, 0) is 4.74 Å². The molecule has 8 nitrogen and oxygen atoms in total. The van der Waals surface area contributed by atoms with E-state index in [-0.39, 0.29) is 41.6 Å². The third-order valence-corrected chi connectivity index (χ3v) is 6.45. The fourth-order valence-corrected chi connectivity index (χ4v) is 4.84. The molecule has 10 heteroatoms. The predicted molar refractivity (Wildman–Crippen MR) is 103 cm³/mol. The van der Waals surface area contributed by atoms with E-state index in [1.807, 2.05) is 0 Å². The van der Waals surface area contributed by atoms with Gasteiger partial charge in [-0.2, -0.15) is 0 Å². The van der Waals surface area contributed by atoms with E-state index in [0.717, 1.165) is 25.3 Å². The Morgan fingerprint density at radius 1 is 1.37 bits per heavy atom. The monoisotopic (exact) mass is 421 g/mol. The second-order valence-electron chi connectivity index (χ2n) is 8.23. The van der Waals surface area contributed by atoms with E-state index in [0.29, 0.717) is 13.2 Å². The van der Waals surface area contributed by atoms with E-state index in [9.17, 15) is 9.59 Å². The molecule has 30 heavy (non-hydrogen) atoms. The van der Waals surface area contributed by atoms with E-state index in [2.05, 4.69) is 4.74 Å². The average Bonchev–Trinajstić information content (AvgIpc) is 3.36. The maximum atomic E-state index is 15.7. The molecule has 3 aliphatic rings. The minimum atomic E-state index is -1.66. The lowest BCUT2D eigenvalue weighted by atomic mass is 9.91. The number of hydrogen-bond donors (Lipinski definition) is 2. The summed E-state index contributed by atoms with van der Waals surface area (Å²) < 4.78 is 42.7. The number of hydrogen-bond acceptors (Lipinski definition) is 6. The lowest BCUT2D eigenvalue weighted by Gasteiger charge is -2.27. The van der Waals surface area contributed by atoms with Gasteiger partial charge in [0.15, 0.2) is 11.6 Å². The highest BCUT2D eigenvalue weighted by Crippen LogP contribution is 2.44. The van der Waals surface area contributed by atoms with Gasteiger partial charge in [0.1, 0.15) is 17.1 Å². The number of rotatable bonds is 4. The number of carbonyl (C=O) groups is 1. The highest BCUT2D eigenvalue weighted by molar-refractivity contribution is 5.86. The topological polar surface area (TPSA) is 107 Å². The van der Waals surface area contributed by atoms with Gasteiger partial charge in [0, 0.05) is 38.2 Å². The molecule has 3 fully saturated rings. The minimum absolute atomic E-state index is 0.0450. The SMILES string of the molecule is NCC12CN(c3c(F)cc4c(=O)c(OC(=O)O)cn(C5CC5)c4c3F)CC1CCO2. The van der Waals surface area contributed by atoms with Crippen molar-refractivity contribution in [2.75, 3.05) is 31.1 Å². The molecule has 1 aromatic carbocycles. The number of nitrogens with two attached hydrogens (primary N) is 1. The molecule has 0 bridgehead atoms. The molecular weight excluding hydrogens is 400 g/mol. The van der Waals surface area contributed by atoms with Crippen molar-refractivity contribution in [2.45, 2.75) is 30.9 Å². The third-order valence-electron chi connectivity index (χ3n) is 6.45. The van der Waals surface area contributed by atoms with Crippen LogP contribution in [0.5, 0.6) is 5.75 Å². The standard InChI is InChI=1S/C20H21F2N3O5/c21-13-5-12-16(25(11-1-2-11)7-14(18(12)26)30-19(27)28)15(22)17(13)24-6-10-3-4-29-20(10,8-23)9-24/h5,7,10-11H,1-4,6,8-9,23H2,(H,27,28). The summed E-state index contributed by atoms with van der Waals surface area (Å²) in [7, 11) is 0. The zero-order chi connectivity index (χ0) is 21.2. The van der Waals surface area contributed by atoms with Gasteiger partial charge in [-0.25, -0.2) is 13.6 Å². The summed E-state index contributed by atoms with van der Waals surface area (Å²) in [5.74, 6) is -2.13. The second kappa shape index (κ2) is 6.64. The van der Waals surface area contributed by atoms with Crippen molar-refractivity contribution in [2.24, 2.45) is 11.7 Å². The van der Waals surface area contributed by atoms with Crippen LogP contribution in [0.15, 0.2) is 17.1 Å². The summed E-state index contributed by atoms with van der Waals surface area (Å²) in [4.78, 5) is 25.2. The molecule has 2 saturated heterocycles. The van der Waals surface area contributed by atoms with Crippen molar-refractivity contribution in [3.8, 4) is 5.75 Å². The quantitative estimate of drug-likeness (QED) is 0.729. The number of fused-ring (bicyclic) bond motifs is 2. The lowest BCUT2D eigenvalue weighted by molar-refractivity contribution is 0.0126. The van der Waals surface area contributed by atoms with Gasteiger partial charge in [-0.1, -0.05) is 0 Å². The van der Waals surface area contributed by atoms with Crippen molar-refractivity contribution in [1.29, 1.82) is 0 Å². The number of pyridine rings is 1. The van der Waals surface area contributed by atoms with Crippen molar-refractivity contribution in [1.82, 2.24) is 4.57 Å². The maximum absolute atomic E-state index is 15.7. The van der Waals surface area contributed by atoms with Crippen LogP contribution < -0.4 is 20.8 Å². The van der Waals surface area contributed by atoms with Gasteiger partial charge >= 0.3 is 6.16 Å². The zero-order valence-electron chi connectivity index (χ0n) is 16.1. The first kappa shape index (κ1) is 19.3. The molecule has 5 rings (SSSR count). The van der Waals surface area contributed by atoms with Crippen LogP contribution in [0.2, 0.25) is 0 Å². The van der Waals surface area contributed by atoms with Gasteiger partial charge in [0.2, 0.25) is 5.43 Å². The van der Waals surface area contributed by atoms with Gasteiger partial charge in [-0.3, -0.25) is 4.79 Å². The number of carboxylic acid groups (broad SMARTS) is 1. The Bertz CT molecular complexity index is 1120. The molecule has 1 aromatic heterocycles. The summed E-state index contributed by atoms with van der Waals surface area (Å²) in [5, 5.41) is 8.64. The summed E-state index contributed by atoms with van der Waals surface area (Å²) in [6.07, 6.45) is 1.79. The van der Waals surface area contributed by atoms with Crippen LogP contribution in [0.1, 0.15) is 25.3 Å². The largest absolute Gasteiger partial charge is 0.511 e. The maximum Gasteiger partial charge on any atom is 0.511 e. The molecule has 2 aromatic rings. The van der Waals surface area contributed by atoms with Crippen molar-refractivity contribution in [3.05, 3.63) is 34.1 Å². The van der Waals surface area contributed by atoms with Crippen LogP contribution in [0.3, 0.4) is 0 Å². The Kier molecular flexibility index (Phi) is 4.26. The number of halogens is 2. The first-order chi connectivity index (χ1) is 14.3. The summed E-state index contributed by atoms with van der Waals surface area (Å²) >= 11 is 0. The van der Waals surface area contributed by atoms with Crippen LogP contribution in [0, 0.1) is 17.6 Å². The first-order valence-electron chi connectivity index (χ1n) is 9.91. The number of anilines is 1.